The summed E-state index contributed by atoms with van der Waals surface area (Å²) in [7, 11) is 0. The van der Waals surface area contributed by atoms with Crippen molar-refractivity contribution in [2.75, 3.05) is 29.4 Å². The summed E-state index contributed by atoms with van der Waals surface area (Å²) in [6, 6.07) is 7.55. The highest BCUT2D eigenvalue weighted by molar-refractivity contribution is 7.18. The van der Waals surface area contributed by atoms with Crippen molar-refractivity contribution in [1.82, 2.24) is 30.0 Å². The molecular formula is C26H29F3N9O4S+. The predicted octanol–water partition coefficient (Wildman–Crippen LogP) is 2.94. The minimum Gasteiger partial charge on any atom is -0.410 e. The van der Waals surface area contributed by atoms with E-state index < -0.39 is 23.3 Å². The molecule has 1 fully saturated rings. The summed E-state index contributed by atoms with van der Waals surface area (Å²) in [5.74, 6) is 0.581. The van der Waals surface area contributed by atoms with Crippen LogP contribution < -0.4 is 25.1 Å². The summed E-state index contributed by atoms with van der Waals surface area (Å²) < 4.78 is 46.6. The minimum absolute atomic E-state index is 0.0733. The van der Waals surface area contributed by atoms with E-state index in [0.717, 1.165) is 32.5 Å². The number of aromatic nitrogens is 5. The van der Waals surface area contributed by atoms with Crippen molar-refractivity contribution in [3.05, 3.63) is 46.9 Å². The first-order chi connectivity index (χ1) is 20.6. The maximum absolute atomic E-state index is 13.4. The number of halogens is 3. The quantitative estimate of drug-likeness (QED) is 0.228. The Balaban J connectivity index is 1.20. The van der Waals surface area contributed by atoms with Gasteiger partial charge in [-0.1, -0.05) is 13.3 Å². The van der Waals surface area contributed by atoms with Crippen molar-refractivity contribution in [1.29, 1.82) is 0 Å². The Bertz CT molecular complexity index is 1630. The number of hydrogen-bond acceptors (Lipinski definition) is 11. The van der Waals surface area contributed by atoms with Gasteiger partial charge in [-0.2, -0.15) is 28.6 Å². The molecule has 0 spiro atoms. The highest BCUT2D eigenvalue weighted by Gasteiger charge is 2.40. The number of ether oxygens (including phenoxy) is 1. The lowest BCUT2D eigenvalue weighted by Gasteiger charge is -2.30. The van der Waals surface area contributed by atoms with Gasteiger partial charge in [0.15, 0.2) is 11.5 Å². The molecule has 3 aromatic heterocycles. The van der Waals surface area contributed by atoms with Crippen LogP contribution in [0.1, 0.15) is 36.3 Å². The second-order valence-corrected chi connectivity index (χ2v) is 11.5. The molecule has 17 heteroatoms. The van der Waals surface area contributed by atoms with Crippen LogP contribution >= 0.6 is 11.3 Å². The number of anilines is 2. The summed E-state index contributed by atoms with van der Waals surface area (Å²) >= 11 is 1.57. The number of nitrogens with zero attached hydrogens (tertiary/aromatic N) is 7. The van der Waals surface area contributed by atoms with Crippen molar-refractivity contribution in [2.24, 2.45) is 0 Å². The van der Waals surface area contributed by atoms with Gasteiger partial charge in [-0.15, -0.1) is 21.5 Å². The lowest BCUT2D eigenvalue weighted by Crippen LogP contribution is -3.01. The third-order valence-electron chi connectivity index (χ3n) is 7.33. The predicted molar refractivity (Wildman–Crippen MR) is 148 cm³/mol. The second-order valence-electron chi connectivity index (χ2n) is 10.4. The van der Waals surface area contributed by atoms with E-state index in [1.54, 1.807) is 11.3 Å². The molecule has 4 N–H and O–H groups in total. The average molecular weight is 621 g/mol. The first-order valence-corrected chi connectivity index (χ1v) is 14.5. The van der Waals surface area contributed by atoms with Crippen LogP contribution in [0, 0.1) is 0 Å². The molecule has 0 unspecified atom stereocenters. The number of amides is 1. The molecule has 0 bridgehead atoms. The van der Waals surface area contributed by atoms with Crippen molar-refractivity contribution >= 4 is 45.1 Å². The molecule has 43 heavy (non-hydrogen) atoms. The molecule has 1 aromatic carbocycles. The van der Waals surface area contributed by atoms with Gasteiger partial charge >= 0.3 is 12.3 Å². The SMILES string of the molecule is CCCc1cc2c(N3CCn4c(nnc4C(F)(F)F)C3)nc(N3CC[C@H](NC(=O)Oc4ccc([NH+](O)O)cc4)C3)nc2s1. The molecule has 1 amide bonds. The first-order valence-electron chi connectivity index (χ1n) is 13.7. The Kier molecular flexibility index (Phi) is 7.80. The molecular weight excluding hydrogens is 591 g/mol. The van der Waals surface area contributed by atoms with Gasteiger partial charge < -0.3 is 24.4 Å². The van der Waals surface area contributed by atoms with E-state index in [4.69, 9.17) is 25.1 Å². The molecule has 2 aliphatic rings. The zero-order valence-electron chi connectivity index (χ0n) is 23.0. The Labute approximate surface area is 247 Å². The van der Waals surface area contributed by atoms with E-state index in [1.807, 2.05) is 9.80 Å². The lowest BCUT2D eigenvalue weighted by molar-refractivity contribution is -1.19. The molecule has 13 nitrogen and oxygen atoms in total. The first kappa shape index (κ1) is 29.0. The average Bonchev–Trinajstić information content (AvgIpc) is 3.70. The van der Waals surface area contributed by atoms with Gasteiger partial charge in [0.1, 0.15) is 16.4 Å². The Hall–Kier alpha value is -4.06. The topological polar surface area (TPSA) is 146 Å². The van der Waals surface area contributed by atoms with Gasteiger partial charge in [0.25, 0.3) is 0 Å². The molecule has 1 atom stereocenters. The van der Waals surface area contributed by atoms with E-state index in [9.17, 15) is 18.0 Å². The van der Waals surface area contributed by atoms with Gasteiger partial charge in [-0.05, 0) is 36.3 Å². The number of carbonyl (C=O) groups excluding carboxylic acids is 1. The third kappa shape index (κ3) is 6.06. The van der Waals surface area contributed by atoms with Crippen LogP contribution in [0.4, 0.5) is 35.4 Å². The zero-order valence-corrected chi connectivity index (χ0v) is 23.8. The van der Waals surface area contributed by atoms with E-state index in [1.165, 1.54) is 24.3 Å². The smallest absolute Gasteiger partial charge is 0.410 e. The number of carbonyl (C=O) groups is 1. The molecule has 0 saturated carbocycles. The molecule has 0 aliphatic carbocycles. The number of thiophene rings is 1. The molecule has 228 valence electrons. The Morgan fingerprint density at radius 2 is 1.93 bits per heavy atom. The summed E-state index contributed by atoms with van der Waals surface area (Å²) in [5, 5.41) is 28.4. The molecule has 0 radical (unpaired) electrons. The maximum atomic E-state index is 13.4. The van der Waals surface area contributed by atoms with E-state index in [0.29, 0.717) is 37.8 Å². The van der Waals surface area contributed by atoms with Gasteiger partial charge in [0, 0.05) is 43.2 Å². The number of aryl methyl sites for hydroxylation is 1. The monoisotopic (exact) mass is 620 g/mol. The third-order valence-corrected chi connectivity index (χ3v) is 8.42. The number of alkyl halides is 3. The highest BCUT2D eigenvalue weighted by atomic mass is 32.1. The van der Waals surface area contributed by atoms with E-state index >= 15 is 0 Å². The lowest BCUT2D eigenvalue weighted by atomic mass is 10.2. The van der Waals surface area contributed by atoms with E-state index in [-0.39, 0.29) is 36.4 Å². The zero-order chi connectivity index (χ0) is 30.3. The molecule has 4 aromatic rings. The van der Waals surface area contributed by atoms with Crippen molar-refractivity contribution in [2.45, 2.75) is 51.5 Å². The number of fused-ring (bicyclic) bond motifs is 2. The van der Waals surface area contributed by atoms with Crippen molar-refractivity contribution in [3.8, 4) is 5.75 Å². The van der Waals surface area contributed by atoms with Gasteiger partial charge in [0.05, 0.1) is 18.0 Å². The van der Waals surface area contributed by atoms with Crippen molar-refractivity contribution in [3.63, 3.8) is 0 Å². The standard InChI is InChI=1S/C26H28F3N9O4S/c1-2-3-18-12-19-21(35-10-11-37-20(14-35)33-34-23(37)26(27,28)29)31-24(32-22(19)43-18)36-9-8-15(13-36)30-25(39)42-17-6-4-16(5-7-17)38(40)41/h4-7,12,15,40-41H,2-3,8-11,13-14H2,1H3,(H,30,39)/p+1/t15-/m0/s1. The maximum Gasteiger partial charge on any atom is 0.451 e. The van der Waals surface area contributed by atoms with Crippen LogP contribution in [-0.2, 0) is 25.7 Å². The molecule has 6 rings (SSSR count). The molecule has 1 saturated heterocycles. The van der Waals surface area contributed by atoms with Gasteiger partial charge in [-0.3, -0.25) is 0 Å². The Morgan fingerprint density at radius 3 is 2.65 bits per heavy atom. The Morgan fingerprint density at radius 1 is 1.14 bits per heavy atom. The highest BCUT2D eigenvalue weighted by Crippen LogP contribution is 2.36. The van der Waals surface area contributed by atoms with Crippen molar-refractivity contribution < 1.29 is 38.3 Å². The minimum atomic E-state index is -4.58. The fourth-order valence-electron chi connectivity index (χ4n) is 5.28. The van der Waals surface area contributed by atoms with Gasteiger partial charge in [-0.25, -0.2) is 9.78 Å². The molecule has 2 aliphatic heterocycles. The van der Waals surface area contributed by atoms with Gasteiger partial charge in [0.2, 0.25) is 11.8 Å². The second kappa shape index (κ2) is 11.6. The van der Waals surface area contributed by atoms with Crippen LogP contribution in [0.15, 0.2) is 30.3 Å². The van der Waals surface area contributed by atoms with Crippen LogP contribution in [-0.4, -0.2) is 66.9 Å². The van der Waals surface area contributed by atoms with E-state index in [2.05, 4.69) is 28.5 Å². The number of rotatable bonds is 7. The van der Waals surface area contributed by atoms with Crippen LogP contribution in [0.2, 0.25) is 0 Å². The summed E-state index contributed by atoms with van der Waals surface area (Å²) in [6.07, 6.45) is -2.77. The van der Waals surface area contributed by atoms with Crippen LogP contribution in [0.3, 0.4) is 0 Å². The number of quaternary nitrogens is 1. The fraction of sp³-hybridized carbons (Fsp3) is 0.423. The normalized spacial score (nSPS) is 17.1. The number of benzene rings is 1. The summed E-state index contributed by atoms with van der Waals surface area (Å²) in [5.41, 5.74) is 0.195. The summed E-state index contributed by atoms with van der Waals surface area (Å²) in [4.78, 5) is 28.1. The molecule has 5 heterocycles. The van der Waals surface area contributed by atoms with Crippen LogP contribution in [0.25, 0.3) is 10.2 Å². The fourth-order valence-corrected chi connectivity index (χ4v) is 6.40. The number of nitrogens with one attached hydrogen (secondary N) is 2. The number of hydrogen-bond donors (Lipinski definition) is 4. The summed E-state index contributed by atoms with van der Waals surface area (Å²) in [6.45, 7) is 3.60. The van der Waals surface area contributed by atoms with Crippen LogP contribution in [0.5, 0.6) is 5.75 Å². The largest absolute Gasteiger partial charge is 0.451 e.